The maximum atomic E-state index is 11.4. The van der Waals surface area contributed by atoms with Gasteiger partial charge in [0.2, 0.25) is 5.12 Å². The van der Waals surface area contributed by atoms with E-state index in [1.54, 1.807) is 30.3 Å². The van der Waals surface area contributed by atoms with Gasteiger partial charge >= 0.3 is 0 Å². The molecule has 1 rings (SSSR count). The topological polar surface area (TPSA) is 60.4 Å². The van der Waals surface area contributed by atoms with Gasteiger partial charge in [-0.3, -0.25) is 4.79 Å². The lowest BCUT2D eigenvalue weighted by atomic mass is 10.2. The van der Waals surface area contributed by atoms with Gasteiger partial charge in [0.05, 0.1) is 17.8 Å². The molecule has 82 valence electrons. The van der Waals surface area contributed by atoms with E-state index in [4.69, 9.17) is 0 Å². The van der Waals surface area contributed by atoms with Gasteiger partial charge in [0.25, 0.3) is 10.1 Å². The van der Waals surface area contributed by atoms with Crippen molar-refractivity contribution in [3.05, 3.63) is 35.9 Å². The van der Waals surface area contributed by atoms with Crippen LogP contribution in [0.1, 0.15) is 17.3 Å². The molecule has 0 aliphatic rings. The molecular formula is C9H10O4S2. The summed E-state index contributed by atoms with van der Waals surface area (Å²) in [7, 11) is -3.58. The highest BCUT2D eigenvalue weighted by Crippen LogP contribution is 2.16. The standard InChI is InChI=1S/C9H10O4S2/c1-2-15(11,12)13-14-9(10)8-6-4-3-5-7-8/h3-7H,2H2,1H3. The van der Waals surface area contributed by atoms with Crippen LogP contribution in [0.2, 0.25) is 0 Å². The summed E-state index contributed by atoms with van der Waals surface area (Å²) in [6.07, 6.45) is 0. The summed E-state index contributed by atoms with van der Waals surface area (Å²) in [5.41, 5.74) is 0.411. The van der Waals surface area contributed by atoms with Crippen LogP contribution in [-0.2, 0) is 13.7 Å². The van der Waals surface area contributed by atoms with Gasteiger partial charge in [-0.15, -0.1) is 0 Å². The zero-order valence-electron chi connectivity index (χ0n) is 8.04. The number of rotatable bonds is 4. The zero-order chi connectivity index (χ0) is 11.3. The van der Waals surface area contributed by atoms with Crippen molar-refractivity contribution < 1.29 is 16.8 Å². The lowest BCUT2D eigenvalue weighted by Crippen LogP contribution is -2.05. The van der Waals surface area contributed by atoms with Gasteiger partial charge in [-0.1, -0.05) is 30.3 Å². The molecule has 0 spiro atoms. The fourth-order valence-electron chi connectivity index (χ4n) is 0.753. The molecule has 0 N–H and O–H groups in total. The first-order chi connectivity index (χ1) is 7.05. The molecule has 0 aromatic heterocycles. The van der Waals surface area contributed by atoms with E-state index in [1.165, 1.54) is 6.92 Å². The average Bonchev–Trinajstić information content (AvgIpc) is 2.27. The summed E-state index contributed by atoms with van der Waals surface area (Å²) in [5.74, 6) is -0.151. The Morgan fingerprint density at radius 1 is 1.33 bits per heavy atom. The Morgan fingerprint density at radius 2 is 1.93 bits per heavy atom. The monoisotopic (exact) mass is 246 g/mol. The normalized spacial score (nSPS) is 11.3. The van der Waals surface area contributed by atoms with Gasteiger partial charge in [-0.05, 0) is 6.92 Å². The van der Waals surface area contributed by atoms with Crippen LogP contribution in [-0.4, -0.2) is 19.3 Å². The van der Waals surface area contributed by atoms with Crippen LogP contribution in [0.5, 0.6) is 0 Å². The van der Waals surface area contributed by atoms with Crippen LogP contribution < -0.4 is 0 Å². The minimum absolute atomic E-state index is 0.151. The lowest BCUT2D eigenvalue weighted by Gasteiger charge is -2.00. The highest BCUT2D eigenvalue weighted by atomic mass is 32.3. The van der Waals surface area contributed by atoms with E-state index in [0.29, 0.717) is 17.6 Å². The number of benzene rings is 1. The summed E-state index contributed by atoms with van der Waals surface area (Å²) in [5, 5.41) is -0.423. The minimum Gasteiger partial charge on any atom is -0.279 e. The molecule has 6 heteroatoms. The van der Waals surface area contributed by atoms with Gasteiger partial charge in [-0.25, -0.2) is 0 Å². The Morgan fingerprint density at radius 3 is 2.47 bits per heavy atom. The molecule has 0 fully saturated rings. The van der Waals surface area contributed by atoms with Crippen molar-refractivity contribution in [1.29, 1.82) is 0 Å². The van der Waals surface area contributed by atoms with Gasteiger partial charge in [0.15, 0.2) is 0 Å². The van der Waals surface area contributed by atoms with Crippen molar-refractivity contribution in [1.82, 2.24) is 0 Å². The molecule has 0 amide bonds. The molecule has 1 aromatic rings. The van der Waals surface area contributed by atoms with Crippen molar-refractivity contribution in [2.45, 2.75) is 6.92 Å². The smallest absolute Gasteiger partial charge is 0.278 e. The van der Waals surface area contributed by atoms with E-state index in [1.807, 2.05) is 0 Å². The molecule has 1 aromatic carbocycles. The molecule has 0 aliphatic heterocycles. The molecule has 0 aliphatic carbocycles. The molecule has 15 heavy (non-hydrogen) atoms. The third-order valence-electron chi connectivity index (χ3n) is 1.58. The summed E-state index contributed by atoms with van der Waals surface area (Å²) in [6, 6.07) is 8.35. The largest absolute Gasteiger partial charge is 0.279 e. The van der Waals surface area contributed by atoms with Gasteiger partial charge in [0, 0.05) is 5.56 Å². The molecular weight excluding hydrogens is 236 g/mol. The van der Waals surface area contributed by atoms with Crippen LogP contribution in [0.25, 0.3) is 0 Å². The SMILES string of the molecule is CCS(=O)(=O)OSC(=O)c1ccccc1. The molecule has 0 bridgehead atoms. The maximum Gasteiger partial charge on any atom is 0.278 e. The van der Waals surface area contributed by atoms with Crippen molar-refractivity contribution in [3.8, 4) is 0 Å². The third kappa shape index (κ3) is 4.03. The van der Waals surface area contributed by atoms with Crippen LogP contribution in [0.15, 0.2) is 30.3 Å². The number of carbonyl (C=O) groups excluding carboxylic acids is 1. The second kappa shape index (κ2) is 5.29. The molecule has 0 heterocycles. The van der Waals surface area contributed by atoms with Gasteiger partial charge in [0.1, 0.15) is 0 Å². The summed E-state index contributed by atoms with van der Waals surface area (Å²) in [6.45, 7) is 1.45. The summed E-state index contributed by atoms with van der Waals surface area (Å²) >= 11 is 0.334. The predicted octanol–water partition coefficient (Wildman–Crippen LogP) is 1.84. The highest BCUT2D eigenvalue weighted by Gasteiger charge is 2.13. The van der Waals surface area contributed by atoms with Crippen LogP contribution in [0.4, 0.5) is 0 Å². The second-order valence-corrected chi connectivity index (χ2v) is 5.43. The second-order valence-electron chi connectivity index (χ2n) is 2.65. The first kappa shape index (κ1) is 12.2. The minimum atomic E-state index is -3.58. The molecule has 0 unspecified atom stereocenters. The fourth-order valence-corrected chi connectivity index (χ4v) is 2.03. The number of hydrogen-bond donors (Lipinski definition) is 0. The fraction of sp³-hybridized carbons (Fsp3) is 0.222. The Kier molecular flexibility index (Phi) is 4.31. The molecule has 4 nitrogen and oxygen atoms in total. The summed E-state index contributed by atoms with van der Waals surface area (Å²) < 4.78 is 26.3. The third-order valence-corrected chi connectivity index (χ3v) is 3.77. The first-order valence-electron chi connectivity index (χ1n) is 4.23. The summed E-state index contributed by atoms with van der Waals surface area (Å²) in [4.78, 5) is 11.4. The van der Waals surface area contributed by atoms with Crippen LogP contribution >= 0.6 is 12.0 Å². The molecule has 0 radical (unpaired) electrons. The number of carbonyl (C=O) groups is 1. The zero-order valence-corrected chi connectivity index (χ0v) is 9.68. The van der Waals surface area contributed by atoms with E-state index in [-0.39, 0.29) is 5.75 Å². The van der Waals surface area contributed by atoms with Crippen molar-refractivity contribution in [3.63, 3.8) is 0 Å². The van der Waals surface area contributed by atoms with Gasteiger partial charge < -0.3 is 0 Å². The molecule has 0 atom stereocenters. The van der Waals surface area contributed by atoms with Crippen molar-refractivity contribution in [2.75, 3.05) is 5.75 Å². The van der Waals surface area contributed by atoms with E-state index >= 15 is 0 Å². The van der Waals surface area contributed by atoms with E-state index in [9.17, 15) is 13.2 Å². The van der Waals surface area contributed by atoms with E-state index in [2.05, 4.69) is 3.63 Å². The Bertz CT molecular complexity index is 425. The Hall–Kier alpha value is -0.850. The van der Waals surface area contributed by atoms with E-state index in [0.717, 1.165) is 0 Å². The van der Waals surface area contributed by atoms with Crippen molar-refractivity contribution >= 4 is 27.3 Å². The maximum absolute atomic E-state index is 11.4. The molecule has 0 saturated heterocycles. The van der Waals surface area contributed by atoms with E-state index < -0.39 is 15.2 Å². The number of hydrogen-bond acceptors (Lipinski definition) is 5. The highest BCUT2D eigenvalue weighted by molar-refractivity contribution is 8.15. The van der Waals surface area contributed by atoms with Crippen LogP contribution in [0, 0.1) is 0 Å². The van der Waals surface area contributed by atoms with Gasteiger partial charge in [-0.2, -0.15) is 12.0 Å². The quantitative estimate of drug-likeness (QED) is 0.759. The molecule has 0 saturated carbocycles. The van der Waals surface area contributed by atoms with Crippen molar-refractivity contribution in [2.24, 2.45) is 0 Å². The van der Waals surface area contributed by atoms with Crippen LogP contribution in [0.3, 0.4) is 0 Å². The Balaban J connectivity index is 2.59. The predicted molar refractivity (Wildman–Crippen MR) is 58.9 cm³/mol. The Labute approximate surface area is 93.0 Å². The average molecular weight is 246 g/mol. The first-order valence-corrected chi connectivity index (χ1v) is 6.55. The lowest BCUT2D eigenvalue weighted by molar-refractivity contribution is 0.108.